The molecule has 4 heteroatoms. The maximum Gasteiger partial charge on any atom is 0.320 e. The van der Waals surface area contributed by atoms with Crippen LogP contribution in [0.1, 0.15) is 39.0 Å². The van der Waals surface area contributed by atoms with E-state index in [4.69, 9.17) is 16.6 Å². The average Bonchev–Trinajstić information content (AvgIpc) is 2.04. The Morgan fingerprint density at radius 3 is 2.38 bits per heavy atom. The Bertz CT molecular complexity index is 151. The van der Waals surface area contributed by atoms with Crippen molar-refractivity contribution in [3.8, 4) is 0 Å². The summed E-state index contributed by atoms with van der Waals surface area (Å²) in [4.78, 5) is 10.3. The Morgan fingerprint density at radius 2 is 1.92 bits per heavy atom. The van der Waals surface area contributed by atoms with Gasteiger partial charge in [-0.05, 0) is 25.7 Å². The lowest BCUT2D eigenvalue weighted by atomic mass is 10.0. The predicted octanol–water partition coefficient (Wildman–Crippen LogP) is 0.696. The summed E-state index contributed by atoms with van der Waals surface area (Å²) in [5, 5.41) is 8.49. The molecule has 0 fully saturated rings. The number of carboxylic acid groups (broad SMARTS) is 1. The van der Waals surface area contributed by atoms with Gasteiger partial charge in [0.2, 0.25) is 0 Å². The van der Waals surface area contributed by atoms with Crippen molar-refractivity contribution in [1.29, 1.82) is 0 Å². The molecule has 0 radical (unpaired) electrons. The molecule has 4 nitrogen and oxygen atoms in total. The first-order chi connectivity index (χ1) is 6.07. The molecule has 0 spiro atoms. The van der Waals surface area contributed by atoms with Crippen LogP contribution in [-0.2, 0) is 4.79 Å². The molecule has 0 saturated heterocycles. The maximum absolute atomic E-state index is 10.3. The van der Waals surface area contributed by atoms with E-state index in [1.165, 1.54) is 0 Å². The molecule has 1 unspecified atom stereocenters. The Balaban J connectivity index is 3.39. The Labute approximate surface area is 79.3 Å². The van der Waals surface area contributed by atoms with Gasteiger partial charge in [-0.25, -0.2) is 0 Å². The molecule has 78 valence electrons. The standard InChI is InChI=1S/C9H20N2O2/c1-2-4-7(10)5-3-6-8(11)9(12)13/h7-8H,2-6,10-11H2,1H3,(H,12,13)/t7?,8-/m0/s1. The van der Waals surface area contributed by atoms with Crippen molar-refractivity contribution in [3.63, 3.8) is 0 Å². The number of nitrogens with two attached hydrogens (primary N) is 2. The minimum atomic E-state index is -0.927. The SMILES string of the molecule is CCCC(N)CCC[C@H](N)C(=O)O. The highest BCUT2D eigenvalue weighted by atomic mass is 16.4. The molecule has 2 atom stereocenters. The summed E-state index contributed by atoms with van der Waals surface area (Å²) in [6.45, 7) is 2.09. The van der Waals surface area contributed by atoms with Crippen LogP contribution < -0.4 is 11.5 Å². The van der Waals surface area contributed by atoms with Crippen LogP contribution in [0.15, 0.2) is 0 Å². The van der Waals surface area contributed by atoms with Crippen molar-refractivity contribution in [1.82, 2.24) is 0 Å². The molecule has 5 N–H and O–H groups in total. The van der Waals surface area contributed by atoms with Crippen molar-refractivity contribution in [2.24, 2.45) is 11.5 Å². The van der Waals surface area contributed by atoms with Gasteiger partial charge in [0.15, 0.2) is 0 Å². The molecule has 0 saturated carbocycles. The van der Waals surface area contributed by atoms with E-state index in [-0.39, 0.29) is 6.04 Å². The number of carbonyl (C=O) groups is 1. The summed E-state index contributed by atoms with van der Waals surface area (Å²) in [6.07, 6.45) is 4.27. The average molecular weight is 188 g/mol. The van der Waals surface area contributed by atoms with Crippen molar-refractivity contribution in [3.05, 3.63) is 0 Å². The predicted molar refractivity (Wildman–Crippen MR) is 52.3 cm³/mol. The Morgan fingerprint density at radius 1 is 1.31 bits per heavy atom. The van der Waals surface area contributed by atoms with Crippen molar-refractivity contribution >= 4 is 5.97 Å². The molecule has 0 rings (SSSR count). The molecule has 0 aliphatic rings. The van der Waals surface area contributed by atoms with Gasteiger partial charge in [-0.15, -0.1) is 0 Å². The van der Waals surface area contributed by atoms with Crippen LogP contribution in [-0.4, -0.2) is 23.2 Å². The maximum atomic E-state index is 10.3. The fourth-order valence-electron chi connectivity index (χ4n) is 1.24. The number of carboxylic acids is 1. The number of hydrogen-bond acceptors (Lipinski definition) is 3. The van der Waals surface area contributed by atoms with Gasteiger partial charge in [-0.3, -0.25) is 4.79 Å². The highest BCUT2D eigenvalue weighted by Crippen LogP contribution is 2.05. The van der Waals surface area contributed by atoms with Gasteiger partial charge in [0.1, 0.15) is 6.04 Å². The Hall–Kier alpha value is -0.610. The van der Waals surface area contributed by atoms with Gasteiger partial charge in [-0.1, -0.05) is 13.3 Å². The molecule has 0 aliphatic carbocycles. The van der Waals surface area contributed by atoms with E-state index in [9.17, 15) is 4.79 Å². The van der Waals surface area contributed by atoms with Gasteiger partial charge >= 0.3 is 5.97 Å². The molecule has 0 aliphatic heterocycles. The highest BCUT2D eigenvalue weighted by Gasteiger charge is 2.11. The van der Waals surface area contributed by atoms with E-state index in [0.29, 0.717) is 6.42 Å². The van der Waals surface area contributed by atoms with Crippen LogP contribution >= 0.6 is 0 Å². The fraction of sp³-hybridized carbons (Fsp3) is 0.889. The molecule has 0 amide bonds. The highest BCUT2D eigenvalue weighted by molar-refractivity contribution is 5.72. The van der Waals surface area contributed by atoms with E-state index in [0.717, 1.165) is 25.7 Å². The topological polar surface area (TPSA) is 89.3 Å². The molecular formula is C9H20N2O2. The second-order valence-electron chi connectivity index (χ2n) is 3.42. The normalized spacial score (nSPS) is 15.3. The molecule has 0 aromatic carbocycles. The van der Waals surface area contributed by atoms with Crippen LogP contribution in [0.3, 0.4) is 0 Å². The first kappa shape index (κ1) is 12.4. The van der Waals surface area contributed by atoms with E-state index < -0.39 is 12.0 Å². The number of rotatable bonds is 7. The van der Waals surface area contributed by atoms with Crippen molar-refractivity contribution < 1.29 is 9.90 Å². The quantitative estimate of drug-likeness (QED) is 0.548. The van der Waals surface area contributed by atoms with Gasteiger partial charge in [0.05, 0.1) is 0 Å². The first-order valence-corrected chi connectivity index (χ1v) is 4.81. The number of aliphatic carboxylic acids is 1. The van der Waals surface area contributed by atoms with Gasteiger partial charge in [0, 0.05) is 6.04 Å². The van der Waals surface area contributed by atoms with E-state index in [1.807, 2.05) is 0 Å². The zero-order chi connectivity index (χ0) is 10.3. The summed E-state index contributed by atoms with van der Waals surface area (Å²) in [5.74, 6) is -0.927. The molecule has 0 bridgehead atoms. The lowest BCUT2D eigenvalue weighted by Gasteiger charge is -2.10. The van der Waals surface area contributed by atoms with Gasteiger partial charge in [0.25, 0.3) is 0 Å². The molecule has 0 aromatic rings. The van der Waals surface area contributed by atoms with Crippen LogP contribution in [0.4, 0.5) is 0 Å². The third-order valence-electron chi connectivity index (χ3n) is 2.07. The smallest absolute Gasteiger partial charge is 0.320 e. The third-order valence-corrected chi connectivity index (χ3v) is 2.07. The zero-order valence-corrected chi connectivity index (χ0v) is 8.20. The summed E-state index contributed by atoms with van der Waals surface area (Å²) < 4.78 is 0. The minimum Gasteiger partial charge on any atom is -0.480 e. The second kappa shape index (κ2) is 6.86. The van der Waals surface area contributed by atoms with Crippen molar-refractivity contribution in [2.45, 2.75) is 51.1 Å². The van der Waals surface area contributed by atoms with Crippen LogP contribution in [0.5, 0.6) is 0 Å². The molecular weight excluding hydrogens is 168 g/mol. The zero-order valence-electron chi connectivity index (χ0n) is 8.20. The summed E-state index contributed by atoms with van der Waals surface area (Å²) in [6, 6.07) is -0.528. The summed E-state index contributed by atoms with van der Waals surface area (Å²) in [5.41, 5.74) is 11.1. The van der Waals surface area contributed by atoms with Gasteiger partial charge < -0.3 is 16.6 Å². The van der Waals surface area contributed by atoms with Crippen LogP contribution in [0.2, 0.25) is 0 Å². The largest absolute Gasteiger partial charge is 0.480 e. The van der Waals surface area contributed by atoms with Crippen molar-refractivity contribution in [2.75, 3.05) is 0 Å². The minimum absolute atomic E-state index is 0.200. The summed E-state index contributed by atoms with van der Waals surface area (Å²) >= 11 is 0. The first-order valence-electron chi connectivity index (χ1n) is 4.81. The molecule has 13 heavy (non-hydrogen) atoms. The van der Waals surface area contributed by atoms with Crippen LogP contribution in [0, 0.1) is 0 Å². The lowest BCUT2D eigenvalue weighted by molar-refractivity contribution is -0.138. The van der Waals surface area contributed by atoms with E-state index >= 15 is 0 Å². The Kier molecular flexibility index (Phi) is 6.54. The third kappa shape index (κ3) is 6.54. The number of hydrogen-bond donors (Lipinski definition) is 3. The summed E-state index contributed by atoms with van der Waals surface area (Å²) in [7, 11) is 0. The van der Waals surface area contributed by atoms with Crippen LogP contribution in [0.25, 0.3) is 0 Å². The van der Waals surface area contributed by atoms with Gasteiger partial charge in [-0.2, -0.15) is 0 Å². The monoisotopic (exact) mass is 188 g/mol. The second-order valence-corrected chi connectivity index (χ2v) is 3.42. The molecule has 0 heterocycles. The lowest BCUT2D eigenvalue weighted by Crippen LogP contribution is -2.30. The molecule has 0 aromatic heterocycles. The fourth-order valence-corrected chi connectivity index (χ4v) is 1.24. The van der Waals surface area contributed by atoms with E-state index in [1.54, 1.807) is 0 Å². The van der Waals surface area contributed by atoms with E-state index in [2.05, 4.69) is 6.92 Å².